The van der Waals surface area contributed by atoms with E-state index < -0.39 is 17.4 Å². The molecule has 7 N–H and O–H groups in total. The van der Waals surface area contributed by atoms with Gasteiger partial charge in [-0.3, -0.25) is 9.59 Å². The predicted octanol–water partition coefficient (Wildman–Crippen LogP) is 4.40. The normalized spacial score (nSPS) is 16.0. The molecule has 0 spiro atoms. The minimum absolute atomic E-state index is 0.0953. The third-order valence-electron chi connectivity index (χ3n) is 10.9. The van der Waals surface area contributed by atoms with Crippen LogP contribution in [0.3, 0.4) is 0 Å². The molecule has 0 radical (unpaired) electrons. The second-order valence-electron chi connectivity index (χ2n) is 17.2. The molecule has 364 valence electrons. The van der Waals surface area contributed by atoms with Gasteiger partial charge in [0.25, 0.3) is 11.8 Å². The van der Waals surface area contributed by atoms with Crippen LogP contribution in [-0.2, 0) is 14.2 Å². The Kier molecular flexibility index (Phi) is 16.5. The van der Waals surface area contributed by atoms with E-state index in [2.05, 4.69) is 45.9 Å². The number of nitrogens with two attached hydrogens (primary N) is 2. The van der Waals surface area contributed by atoms with Gasteiger partial charge in [0, 0.05) is 81.6 Å². The molecule has 2 saturated heterocycles. The van der Waals surface area contributed by atoms with Crippen molar-refractivity contribution in [3.63, 3.8) is 0 Å². The SMILES string of the molecule is COCCOc1ccc(-c2cc(C(N)=O)c3ncnc(N[C@H]4CCCN(C(=O)OC(C)(C)C)C4)c3n2)cn1.COCCOc1ccc(-c2cc(C(N)=O)c3ncnc(N[C@H]4CCCNC4)c3n2)cn1. The number of anilines is 2. The van der Waals surface area contributed by atoms with Gasteiger partial charge in [0.05, 0.1) is 35.7 Å². The first-order chi connectivity index (χ1) is 33.3. The van der Waals surface area contributed by atoms with Crippen molar-refractivity contribution in [2.75, 3.05) is 77.5 Å². The number of rotatable bonds is 16. The number of likely N-dealkylation sites (tertiary alicyclic amines) is 1. The van der Waals surface area contributed by atoms with Crippen molar-refractivity contribution >= 4 is 51.6 Å². The highest BCUT2D eigenvalue weighted by Crippen LogP contribution is 2.30. The molecule has 8 heterocycles. The fraction of sp³-hybridized carbons (Fsp3) is 0.426. The molecule has 6 aromatic heterocycles. The van der Waals surface area contributed by atoms with Crippen LogP contribution in [-0.4, -0.2) is 147 Å². The maximum atomic E-state index is 12.6. The van der Waals surface area contributed by atoms with Crippen molar-refractivity contribution in [1.82, 2.24) is 50.1 Å². The summed E-state index contributed by atoms with van der Waals surface area (Å²) >= 11 is 0. The summed E-state index contributed by atoms with van der Waals surface area (Å²) in [7, 11) is 3.21. The molecule has 8 rings (SSSR count). The minimum atomic E-state index is -0.635. The van der Waals surface area contributed by atoms with Crippen LogP contribution in [0.15, 0.2) is 61.4 Å². The number of pyridine rings is 4. The molecule has 3 amide bonds. The molecule has 0 bridgehead atoms. The Morgan fingerprint density at radius 1 is 0.696 bits per heavy atom. The molecule has 2 aliphatic rings. The summed E-state index contributed by atoms with van der Waals surface area (Å²) in [6.07, 6.45) is 9.41. The number of amides is 3. The van der Waals surface area contributed by atoms with Gasteiger partial charge >= 0.3 is 6.09 Å². The van der Waals surface area contributed by atoms with Crippen molar-refractivity contribution in [2.45, 2.75) is 64.1 Å². The number of primary amides is 2. The van der Waals surface area contributed by atoms with E-state index in [1.807, 2.05) is 26.8 Å². The van der Waals surface area contributed by atoms with Crippen molar-refractivity contribution in [1.29, 1.82) is 0 Å². The highest BCUT2D eigenvalue weighted by molar-refractivity contribution is 6.07. The highest BCUT2D eigenvalue weighted by Gasteiger charge is 2.29. The second kappa shape index (κ2) is 23.0. The third kappa shape index (κ3) is 13.2. The van der Waals surface area contributed by atoms with E-state index in [-0.39, 0.29) is 29.3 Å². The van der Waals surface area contributed by atoms with Crippen LogP contribution in [0.25, 0.3) is 44.6 Å². The lowest BCUT2D eigenvalue weighted by molar-refractivity contribution is 0.0206. The number of nitrogens with zero attached hydrogens (tertiary/aromatic N) is 9. The lowest BCUT2D eigenvalue weighted by atomic mass is 10.1. The zero-order chi connectivity index (χ0) is 48.9. The minimum Gasteiger partial charge on any atom is -0.475 e. The molecular weight excluding hydrogens is 889 g/mol. The number of carbonyl (C=O) groups excluding carboxylic acids is 3. The van der Waals surface area contributed by atoms with Crippen LogP contribution in [0.1, 0.15) is 67.2 Å². The number of ether oxygens (including phenoxy) is 5. The van der Waals surface area contributed by atoms with Gasteiger partial charge in [0.15, 0.2) is 11.6 Å². The summed E-state index contributed by atoms with van der Waals surface area (Å²) in [5, 5.41) is 10.2. The van der Waals surface area contributed by atoms with Gasteiger partial charge in [0.1, 0.15) is 53.5 Å². The van der Waals surface area contributed by atoms with Gasteiger partial charge in [-0.1, -0.05) is 0 Å². The second-order valence-corrected chi connectivity index (χ2v) is 17.2. The molecule has 2 fully saturated rings. The number of carbonyl (C=O) groups is 3. The Labute approximate surface area is 398 Å². The molecule has 2 atom stereocenters. The zero-order valence-corrected chi connectivity index (χ0v) is 39.4. The topological polar surface area (TPSA) is 292 Å². The molecule has 0 aromatic carbocycles. The molecule has 0 saturated carbocycles. The Balaban J connectivity index is 0.000000208. The summed E-state index contributed by atoms with van der Waals surface area (Å²) in [6.45, 7) is 10.1. The number of nitrogens with one attached hydrogen (secondary N) is 3. The number of methoxy groups -OCH3 is 2. The number of fused-ring (bicyclic) bond motifs is 2. The Morgan fingerprint density at radius 3 is 1.67 bits per heavy atom. The van der Waals surface area contributed by atoms with Crippen LogP contribution >= 0.6 is 0 Å². The Morgan fingerprint density at radius 2 is 1.22 bits per heavy atom. The van der Waals surface area contributed by atoms with Gasteiger partial charge < -0.3 is 56.0 Å². The third-order valence-corrected chi connectivity index (χ3v) is 10.9. The Bertz CT molecular complexity index is 2720. The van der Waals surface area contributed by atoms with Crippen LogP contribution in [0.2, 0.25) is 0 Å². The van der Waals surface area contributed by atoms with E-state index in [4.69, 9.17) is 45.1 Å². The van der Waals surface area contributed by atoms with Crippen molar-refractivity contribution in [3.8, 4) is 34.3 Å². The lowest BCUT2D eigenvalue weighted by Gasteiger charge is -2.34. The number of piperidine rings is 2. The molecule has 22 heteroatoms. The van der Waals surface area contributed by atoms with E-state index in [9.17, 15) is 14.4 Å². The van der Waals surface area contributed by atoms with Crippen LogP contribution < -0.4 is 36.9 Å². The largest absolute Gasteiger partial charge is 0.475 e. The maximum absolute atomic E-state index is 12.6. The fourth-order valence-corrected chi connectivity index (χ4v) is 7.60. The molecule has 0 aliphatic carbocycles. The van der Waals surface area contributed by atoms with Crippen molar-refractivity contribution in [2.24, 2.45) is 11.5 Å². The zero-order valence-electron chi connectivity index (χ0n) is 39.4. The van der Waals surface area contributed by atoms with Gasteiger partial charge in [0.2, 0.25) is 11.8 Å². The fourth-order valence-electron chi connectivity index (χ4n) is 7.60. The monoisotopic (exact) mass is 946 g/mol. The first kappa shape index (κ1) is 49.5. The van der Waals surface area contributed by atoms with Crippen LogP contribution in [0.5, 0.6) is 11.8 Å². The van der Waals surface area contributed by atoms with Crippen LogP contribution in [0.4, 0.5) is 16.4 Å². The summed E-state index contributed by atoms with van der Waals surface area (Å²) in [6, 6.07) is 10.4. The number of aromatic nitrogens is 8. The average Bonchev–Trinajstić information content (AvgIpc) is 3.34. The molecular formula is C47H58N14O8. The molecule has 6 aromatic rings. The van der Waals surface area contributed by atoms with Crippen LogP contribution in [0, 0.1) is 0 Å². The van der Waals surface area contributed by atoms with Gasteiger partial charge in [-0.15, -0.1) is 0 Å². The van der Waals surface area contributed by atoms with Gasteiger partial charge in [-0.25, -0.2) is 44.7 Å². The smallest absolute Gasteiger partial charge is 0.410 e. The standard InChI is InChI=1S/C26H33N7O5.C21H25N7O3/c1-26(2,3)38-25(35)33-9-5-6-17(14-33)31-24-22-21(29-15-30-24)18(23(27)34)12-19(32-22)16-7-8-20(28-13-16)37-11-10-36-4;1-30-7-8-31-17-5-4-13(10-24-17)16-9-15(20(22)29)18-19(28-16)21(26-12-25-18)27-14-3-2-6-23-11-14/h7-8,12-13,15,17H,5-6,9-11,14H2,1-4H3,(H2,27,34)(H,29,30,31);4-5,9-10,12,14,23H,2-3,6-8,11H2,1H3,(H2,22,29)(H,25,26,27)/t17-;14-/m00/s1. The first-order valence-corrected chi connectivity index (χ1v) is 22.6. The average molecular weight is 947 g/mol. The number of hydrogen-bond donors (Lipinski definition) is 5. The predicted molar refractivity (Wildman–Crippen MR) is 257 cm³/mol. The van der Waals surface area contributed by atoms with E-state index in [0.29, 0.717) is 102 Å². The molecule has 2 aliphatic heterocycles. The maximum Gasteiger partial charge on any atom is 0.410 e. The summed E-state index contributed by atoms with van der Waals surface area (Å²) in [5.41, 5.74) is 15.4. The van der Waals surface area contributed by atoms with Crippen molar-refractivity contribution < 1.29 is 38.1 Å². The molecule has 0 unspecified atom stereocenters. The molecule has 22 nitrogen and oxygen atoms in total. The number of hydrogen-bond acceptors (Lipinski definition) is 19. The van der Waals surface area contributed by atoms with E-state index in [1.165, 1.54) is 12.7 Å². The van der Waals surface area contributed by atoms with E-state index in [1.54, 1.807) is 61.8 Å². The lowest BCUT2D eigenvalue weighted by Crippen LogP contribution is -2.47. The summed E-state index contributed by atoms with van der Waals surface area (Å²) in [4.78, 5) is 74.3. The van der Waals surface area contributed by atoms with Gasteiger partial charge in [-0.05, 0) is 77.3 Å². The summed E-state index contributed by atoms with van der Waals surface area (Å²) in [5.74, 6) is 0.736. The van der Waals surface area contributed by atoms with E-state index in [0.717, 1.165) is 44.3 Å². The summed E-state index contributed by atoms with van der Waals surface area (Å²) < 4.78 is 26.5. The highest BCUT2D eigenvalue weighted by atomic mass is 16.6. The quantitative estimate of drug-likeness (QED) is 0.0840. The first-order valence-electron chi connectivity index (χ1n) is 22.6. The Hall–Kier alpha value is -7.43. The van der Waals surface area contributed by atoms with Crippen molar-refractivity contribution in [3.05, 3.63) is 72.6 Å². The van der Waals surface area contributed by atoms with Gasteiger partial charge in [-0.2, -0.15) is 0 Å². The molecule has 69 heavy (non-hydrogen) atoms. The van der Waals surface area contributed by atoms with E-state index >= 15 is 0 Å².